The third-order valence-corrected chi connectivity index (χ3v) is 5.01. The molecule has 0 saturated heterocycles. The van der Waals surface area contributed by atoms with Crippen LogP contribution in [0.15, 0.2) is 65.8 Å². The van der Waals surface area contributed by atoms with Crippen LogP contribution in [0.3, 0.4) is 0 Å². The number of hydrogen-bond donors (Lipinski definition) is 2. The van der Waals surface area contributed by atoms with Crippen molar-refractivity contribution in [3.8, 4) is 0 Å². The van der Waals surface area contributed by atoms with E-state index in [0.29, 0.717) is 18.1 Å². The first-order valence-corrected chi connectivity index (χ1v) is 9.31. The normalized spacial score (nSPS) is 11.2. The van der Waals surface area contributed by atoms with Crippen LogP contribution in [0.4, 0.5) is 15.9 Å². The summed E-state index contributed by atoms with van der Waals surface area (Å²) in [5.74, 6) is 0.144. The summed E-state index contributed by atoms with van der Waals surface area (Å²) in [6.07, 6.45) is 3.12. The molecule has 8 heteroatoms. The van der Waals surface area contributed by atoms with E-state index in [0.717, 1.165) is 11.8 Å². The highest BCUT2D eigenvalue weighted by Gasteiger charge is 2.15. The monoisotopic (exact) mass is 372 g/mol. The Kier molecular flexibility index (Phi) is 5.13. The highest BCUT2D eigenvalue weighted by atomic mass is 32.2. The molecule has 1 aromatic carbocycles. The van der Waals surface area contributed by atoms with Crippen molar-refractivity contribution in [2.24, 2.45) is 0 Å². The van der Waals surface area contributed by atoms with Crippen LogP contribution in [-0.4, -0.2) is 18.4 Å². The van der Waals surface area contributed by atoms with Gasteiger partial charge in [0.2, 0.25) is 0 Å². The van der Waals surface area contributed by atoms with Crippen molar-refractivity contribution in [1.29, 1.82) is 0 Å². The Bertz CT molecular complexity index is 993. The van der Waals surface area contributed by atoms with Gasteiger partial charge in [-0.15, -0.1) is 0 Å². The maximum atomic E-state index is 13.3. The Balaban J connectivity index is 1.67. The third kappa shape index (κ3) is 4.34. The average molecular weight is 372 g/mol. The lowest BCUT2D eigenvalue weighted by Crippen LogP contribution is -2.13. The standard InChI is InChI=1S/C18H17FN4O2S/c1-13-10-16(6-7-17(13)19)26(24,25)23-15-5-8-18(22-12-15)21-11-14-4-2-3-9-20-14/h2-10,12,23H,11H2,1H3,(H,21,22). The number of aryl methyl sites for hydroxylation is 1. The minimum Gasteiger partial charge on any atom is -0.364 e. The van der Waals surface area contributed by atoms with Gasteiger partial charge in [0.1, 0.15) is 11.6 Å². The van der Waals surface area contributed by atoms with Gasteiger partial charge in [-0.25, -0.2) is 17.8 Å². The summed E-state index contributed by atoms with van der Waals surface area (Å²) in [4.78, 5) is 8.37. The summed E-state index contributed by atoms with van der Waals surface area (Å²) in [5, 5.41) is 3.10. The molecular weight excluding hydrogens is 355 g/mol. The van der Waals surface area contributed by atoms with E-state index in [9.17, 15) is 12.8 Å². The molecule has 6 nitrogen and oxygen atoms in total. The maximum Gasteiger partial charge on any atom is 0.261 e. The molecule has 0 amide bonds. The van der Waals surface area contributed by atoms with Gasteiger partial charge in [-0.05, 0) is 55.0 Å². The van der Waals surface area contributed by atoms with Gasteiger partial charge in [0, 0.05) is 6.20 Å². The van der Waals surface area contributed by atoms with E-state index < -0.39 is 15.8 Å². The van der Waals surface area contributed by atoms with Gasteiger partial charge in [0.05, 0.1) is 29.0 Å². The van der Waals surface area contributed by atoms with Crippen LogP contribution in [0.5, 0.6) is 0 Å². The summed E-state index contributed by atoms with van der Waals surface area (Å²) < 4.78 is 40.5. The number of nitrogens with one attached hydrogen (secondary N) is 2. The van der Waals surface area contributed by atoms with Crippen LogP contribution >= 0.6 is 0 Å². The summed E-state index contributed by atoms with van der Waals surface area (Å²) in [7, 11) is -3.81. The third-order valence-electron chi connectivity index (χ3n) is 3.63. The minimum absolute atomic E-state index is 0.00578. The van der Waals surface area contributed by atoms with E-state index >= 15 is 0 Å². The number of pyridine rings is 2. The van der Waals surface area contributed by atoms with Crippen molar-refractivity contribution in [2.75, 3.05) is 10.0 Å². The molecule has 3 aromatic rings. The molecule has 0 spiro atoms. The molecule has 0 aliphatic carbocycles. The summed E-state index contributed by atoms with van der Waals surface area (Å²) in [6, 6.07) is 12.5. The fourth-order valence-electron chi connectivity index (χ4n) is 2.24. The number of sulfonamides is 1. The van der Waals surface area contributed by atoms with E-state index in [4.69, 9.17) is 0 Å². The molecule has 0 unspecified atom stereocenters. The van der Waals surface area contributed by atoms with Crippen LogP contribution < -0.4 is 10.0 Å². The predicted molar refractivity (Wildman–Crippen MR) is 97.7 cm³/mol. The number of rotatable bonds is 6. The fraction of sp³-hybridized carbons (Fsp3) is 0.111. The van der Waals surface area contributed by atoms with E-state index in [1.165, 1.54) is 25.3 Å². The molecule has 0 atom stereocenters. The molecule has 2 aromatic heterocycles. The van der Waals surface area contributed by atoms with Gasteiger partial charge in [-0.2, -0.15) is 0 Å². The molecule has 0 aliphatic heterocycles. The second kappa shape index (κ2) is 7.49. The second-order valence-corrected chi connectivity index (χ2v) is 7.31. The number of hydrogen-bond acceptors (Lipinski definition) is 5. The number of benzene rings is 1. The first kappa shape index (κ1) is 17.8. The summed E-state index contributed by atoms with van der Waals surface area (Å²) in [6.45, 7) is 2.02. The summed E-state index contributed by atoms with van der Waals surface area (Å²) in [5.41, 5.74) is 1.45. The van der Waals surface area contributed by atoms with Gasteiger partial charge < -0.3 is 5.32 Å². The molecule has 0 fully saturated rings. The van der Waals surface area contributed by atoms with Gasteiger partial charge >= 0.3 is 0 Å². The molecular formula is C18H17FN4O2S. The Hall–Kier alpha value is -3.00. The number of aromatic nitrogens is 2. The average Bonchev–Trinajstić information content (AvgIpc) is 2.64. The van der Waals surface area contributed by atoms with E-state index in [1.54, 1.807) is 18.3 Å². The van der Waals surface area contributed by atoms with Crippen molar-refractivity contribution in [3.63, 3.8) is 0 Å². The zero-order valence-electron chi connectivity index (χ0n) is 14.0. The van der Waals surface area contributed by atoms with E-state index in [1.807, 2.05) is 18.2 Å². The van der Waals surface area contributed by atoms with Crippen molar-refractivity contribution < 1.29 is 12.8 Å². The molecule has 134 valence electrons. The minimum atomic E-state index is -3.81. The highest BCUT2D eigenvalue weighted by Crippen LogP contribution is 2.19. The molecule has 3 rings (SSSR count). The molecule has 2 N–H and O–H groups in total. The topological polar surface area (TPSA) is 84.0 Å². The Morgan fingerprint density at radius 3 is 2.58 bits per heavy atom. The Labute approximate surface area is 151 Å². The maximum absolute atomic E-state index is 13.3. The predicted octanol–water partition coefficient (Wildman–Crippen LogP) is 3.34. The highest BCUT2D eigenvalue weighted by molar-refractivity contribution is 7.92. The lowest BCUT2D eigenvalue weighted by Gasteiger charge is -2.10. The lowest BCUT2D eigenvalue weighted by molar-refractivity contribution is 0.598. The zero-order valence-corrected chi connectivity index (χ0v) is 14.8. The molecule has 0 radical (unpaired) electrons. The largest absolute Gasteiger partial charge is 0.364 e. The van der Waals surface area contributed by atoms with Crippen molar-refractivity contribution in [1.82, 2.24) is 9.97 Å². The SMILES string of the molecule is Cc1cc(S(=O)(=O)Nc2ccc(NCc3ccccn3)nc2)ccc1F. The van der Waals surface area contributed by atoms with Crippen LogP contribution in [0.25, 0.3) is 0 Å². The van der Waals surface area contributed by atoms with E-state index in [2.05, 4.69) is 20.0 Å². The summed E-state index contributed by atoms with van der Waals surface area (Å²) >= 11 is 0. The molecule has 26 heavy (non-hydrogen) atoms. The van der Waals surface area contributed by atoms with E-state index in [-0.39, 0.29) is 10.5 Å². The van der Waals surface area contributed by atoms with Gasteiger partial charge in [-0.3, -0.25) is 9.71 Å². The number of nitrogens with zero attached hydrogens (tertiary/aromatic N) is 2. The fourth-order valence-corrected chi connectivity index (χ4v) is 3.37. The smallest absolute Gasteiger partial charge is 0.261 e. The quantitative estimate of drug-likeness (QED) is 0.693. The number of halogens is 1. The van der Waals surface area contributed by atoms with Gasteiger partial charge in [0.15, 0.2) is 0 Å². The van der Waals surface area contributed by atoms with Crippen LogP contribution in [0.1, 0.15) is 11.3 Å². The second-order valence-electron chi connectivity index (χ2n) is 5.62. The molecule has 2 heterocycles. The molecule has 0 bridgehead atoms. The van der Waals surface area contributed by atoms with Crippen molar-refractivity contribution >= 4 is 21.5 Å². The van der Waals surface area contributed by atoms with Crippen LogP contribution in [-0.2, 0) is 16.6 Å². The van der Waals surface area contributed by atoms with Crippen LogP contribution in [0.2, 0.25) is 0 Å². The lowest BCUT2D eigenvalue weighted by atomic mass is 10.2. The van der Waals surface area contributed by atoms with Crippen molar-refractivity contribution in [2.45, 2.75) is 18.4 Å². The van der Waals surface area contributed by atoms with Gasteiger partial charge in [0.25, 0.3) is 10.0 Å². The Morgan fingerprint density at radius 1 is 1.08 bits per heavy atom. The first-order chi connectivity index (χ1) is 12.4. The first-order valence-electron chi connectivity index (χ1n) is 7.83. The van der Waals surface area contributed by atoms with Gasteiger partial charge in [-0.1, -0.05) is 6.07 Å². The Morgan fingerprint density at radius 2 is 1.92 bits per heavy atom. The molecule has 0 saturated carbocycles. The molecule has 0 aliphatic rings. The van der Waals surface area contributed by atoms with Crippen molar-refractivity contribution in [3.05, 3.63) is 78.0 Å². The van der Waals surface area contributed by atoms with Crippen LogP contribution in [0, 0.1) is 12.7 Å². The zero-order chi connectivity index (χ0) is 18.6. The number of anilines is 2.